The molecule has 2 aromatic heterocycles. The van der Waals surface area contributed by atoms with Gasteiger partial charge in [-0.3, -0.25) is 9.78 Å². The predicted molar refractivity (Wildman–Crippen MR) is 113 cm³/mol. The van der Waals surface area contributed by atoms with Crippen molar-refractivity contribution in [1.82, 2.24) is 23.8 Å². The molecular formula is C20H17N5O3S2. The van der Waals surface area contributed by atoms with Crippen molar-refractivity contribution in [2.45, 2.75) is 17.5 Å². The van der Waals surface area contributed by atoms with Gasteiger partial charge in [0, 0.05) is 18.9 Å². The van der Waals surface area contributed by atoms with Crippen LogP contribution in [-0.4, -0.2) is 28.1 Å². The molecule has 4 rings (SSSR count). The van der Waals surface area contributed by atoms with Crippen LogP contribution in [-0.2, 0) is 21.4 Å². The van der Waals surface area contributed by atoms with Gasteiger partial charge >= 0.3 is 0 Å². The zero-order valence-electron chi connectivity index (χ0n) is 15.6. The molecule has 0 bridgehead atoms. The smallest absolute Gasteiger partial charge is 0.243 e. The maximum atomic E-state index is 13.1. The van der Waals surface area contributed by atoms with Crippen molar-refractivity contribution in [1.29, 1.82) is 0 Å². The number of fused-ring (bicyclic) bond motifs is 1. The number of benzene rings is 2. The van der Waals surface area contributed by atoms with E-state index in [1.807, 2.05) is 6.07 Å². The molecule has 0 aliphatic heterocycles. The summed E-state index contributed by atoms with van der Waals surface area (Å²) in [5.41, 5.74) is 2.09. The van der Waals surface area contributed by atoms with E-state index in [-0.39, 0.29) is 17.0 Å². The molecule has 0 fully saturated rings. The van der Waals surface area contributed by atoms with Gasteiger partial charge in [0.2, 0.25) is 15.9 Å². The number of nitrogens with zero attached hydrogens (tertiary/aromatic N) is 3. The number of rotatable bonds is 7. The maximum absolute atomic E-state index is 13.1. The van der Waals surface area contributed by atoms with Gasteiger partial charge in [-0.15, -0.1) is 0 Å². The second-order valence-electron chi connectivity index (χ2n) is 6.43. The number of hydrogen-bond acceptors (Lipinski definition) is 7. The Labute approximate surface area is 177 Å². The number of sulfonamides is 1. The van der Waals surface area contributed by atoms with E-state index in [1.165, 1.54) is 6.07 Å². The summed E-state index contributed by atoms with van der Waals surface area (Å²) in [5.74, 6) is -0.475. The summed E-state index contributed by atoms with van der Waals surface area (Å²) in [6.45, 7) is 0.226. The molecule has 1 atom stereocenters. The molecule has 0 saturated heterocycles. The van der Waals surface area contributed by atoms with Crippen molar-refractivity contribution >= 4 is 38.7 Å². The third-order valence-electron chi connectivity index (χ3n) is 4.40. The monoisotopic (exact) mass is 439 g/mol. The Morgan fingerprint density at radius 3 is 2.60 bits per heavy atom. The Morgan fingerprint density at radius 1 is 1.00 bits per heavy atom. The highest BCUT2D eigenvalue weighted by Crippen LogP contribution is 2.23. The van der Waals surface area contributed by atoms with Crippen molar-refractivity contribution in [2.24, 2.45) is 0 Å². The molecule has 4 aromatic rings. The minimum atomic E-state index is -4.05. The largest absolute Gasteiger partial charge is 0.350 e. The predicted octanol–water partition coefficient (Wildman–Crippen LogP) is 2.42. The average molecular weight is 440 g/mol. The lowest BCUT2D eigenvalue weighted by Crippen LogP contribution is -2.40. The zero-order chi connectivity index (χ0) is 21.0. The van der Waals surface area contributed by atoms with Crippen LogP contribution in [0.5, 0.6) is 0 Å². The van der Waals surface area contributed by atoms with Crippen LogP contribution in [0.1, 0.15) is 17.2 Å². The summed E-state index contributed by atoms with van der Waals surface area (Å²) in [5, 5.41) is 2.77. The lowest BCUT2D eigenvalue weighted by atomic mass is 10.1. The molecule has 0 spiro atoms. The number of carbonyl (C=O) groups excluding carboxylic acids is 1. The van der Waals surface area contributed by atoms with Crippen LogP contribution in [0.15, 0.2) is 78.0 Å². The molecule has 152 valence electrons. The summed E-state index contributed by atoms with van der Waals surface area (Å²) < 4.78 is 37.0. The quantitative estimate of drug-likeness (QED) is 0.457. The highest BCUT2D eigenvalue weighted by Gasteiger charge is 2.29. The highest BCUT2D eigenvalue weighted by atomic mass is 32.2. The molecule has 0 aliphatic rings. The fraction of sp³-hybridized carbons (Fsp3) is 0.100. The van der Waals surface area contributed by atoms with Gasteiger partial charge in [0.05, 0.1) is 11.7 Å². The summed E-state index contributed by atoms with van der Waals surface area (Å²) in [6, 6.07) is 15.9. The molecule has 30 heavy (non-hydrogen) atoms. The Hall–Kier alpha value is -3.21. The molecule has 1 amide bonds. The van der Waals surface area contributed by atoms with Crippen LogP contribution < -0.4 is 10.0 Å². The summed E-state index contributed by atoms with van der Waals surface area (Å²) >= 11 is 0.933. The molecule has 10 heteroatoms. The van der Waals surface area contributed by atoms with E-state index in [1.54, 1.807) is 60.9 Å². The van der Waals surface area contributed by atoms with Crippen LogP contribution >= 0.6 is 11.7 Å². The van der Waals surface area contributed by atoms with Gasteiger partial charge in [-0.05, 0) is 29.3 Å². The number of carbonyl (C=O) groups is 1. The van der Waals surface area contributed by atoms with Gasteiger partial charge in [0.15, 0.2) is 0 Å². The van der Waals surface area contributed by atoms with Crippen LogP contribution in [0.4, 0.5) is 0 Å². The van der Waals surface area contributed by atoms with E-state index in [0.717, 1.165) is 17.3 Å². The maximum Gasteiger partial charge on any atom is 0.243 e. The first-order chi connectivity index (χ1) is 14.5. The molecule has 0 radical (unpaired) electrons. The standard InChI is InChI=1S/C20H17N5O3S2/c26-20(22-13-14-6-5-11-21-12-14)18(15-7-2-1-3-8-15)25-30(27,28)17-10-4-9-16-19(17)24-29-23-16/h1-12,18,25H,13H2,(H,22,26)/t18-/m0/s1. The molecular weight excluding hydrogens is 422 g/mol. The van der Waals surface area contributed by atoms with Crippen molar-refractivity contribution in [3.8, 4) is 0 Å². The van der Waals surface area contributed by atoms with E-state index in [0.29, 0.717) is 11.1 Å². The first kappa shape index (κ1) is 20.1. The molecule has 2 heterocycles. The molecule has 0 unspecified atom stereocenters. The van der Waals surface area contributed by atoms with Gasteiger partial charge in [-0.25, -0.2) is 8.42 Å². The summed E-state index contributed by atoms with van der Waals surface area (Å²) in [4.78, 5) is 17.0. The fourth-order valence-corrected chi connectivity index (χ4v) is 4.88. The van der Waals surface area contributed by atoms with Gasteiger partial charge in [0.1, 0.15) is 22.0 Å². The lowest BCUT2D eigenvalue weighted by Gasteiger charge is -2.19. The number of nitrogens with one attached hydrogen (secondary N) is 2. The molecule has 0 saturated carbocycles. The van der Waals surface area contributed by atoms with Crippen molar-refractivity contribution in [3.05, 3.63) is 84.2 Å². The normalized spacial score (nSPS) is 12.5. The lowest BCUT2D eigenvalue weighted by molar-refractivity contribution is -0.123. The Morgan fingerprint density at radius 2 is 1.83 bits per heavy atom. The SMILES string of the molecule is O=C(NCc1cccnc1)[C@@H](NS(=O)(=O)c1cccc2nsnc12)c1ccccc1. The Kier molecular flexibility index (Phi) is 5.79. The summed E-state index contributed by atoms with van der Waals surface area (Å²) in [6.07, 6.45) is 3.28. The number of hydrogen-bond donors (Lipinski definition) is 2. The zero-order valence-corrected chi connectivity index (χ0v) is 17.2. The van der Waals surface area contributed by atoms with Crippen LogP contribution in [0.25, 0.3) is 11.0 Å². The van der Waals surface area contributed by atoms with E-state index in [9.17, 15) is 13.2 Å². The van der Waals surface area contributed by atoms with Crippen LogP contribution in [0, 0.1) is 0 Å². The third kappa shape index (κ3) is 4.35. The van der Waals surface area contributed by atoms with Gasteiger partial charge in [-0.2, -0.15) is 13.5 Å². The molecule has 2 aromatic carbocycles. The third-order valence-corrected chi connectivity index (χ3v) is 6.39. The van der Waals surface area contributed by atoms with Crippen molar-refractivity contribution < 1.29 is 13.2 Å². The molecule has 8 nitrogen and oxygen atoms in total. The Bertz CT molecular complexity index is 1260. The highest BCUT2D eigenvalue weighted by molar-refractivity contribution is 7.89. The van der Waals surface area contributed by atoms with Gasteiger partial charge in [0.25, 0.3) is 0 Å². The molecule has 2 N–H and O–H groups in total. The topological polar surface area (TPSA) is 114 Å². The van der Waals surface area contributed by atoms with Crippen molar-refractivity contribution in [2.75, 3.05) is 0 Å². The fourth-order valence-electron chi connectivity index (χ4n) is 2.93. The van der Waals surface area contributed by atoms with Crippen molar-refractivity contribution in [3.63, 3.8) is 0 Å². The first-order valence-electron chi connectivity index (χ1n) is 9.00. The second-order valence-corrected chi connectivity index (χ2v) is 8.64. The van der Waals surface area contributed by atoms with E-state index < -0.39 is 22.0 Å². The summed E-state index contributed by atoms with van der Waals surface area (Å²) in [7, 11) is -4.05. The second kappa shape index (κ2) is 8.66. The van der Waals surface area contributed by atoms with E-state index in [4.69, 9.17) is 0 Å². The van der Waals surface area contributed by atoms with Gasteiger partial charge in [-0.1, -0.05) is 42.5 Å². The van der Waals surface area contributed by atoms with E-state index in [2.05, 4.69) is 23.8 Å². The number of amides is 1. The Balaban J connectivity index is 1.63. The first-order valence-corrected chi connectivity index (χ1v) is 11.2. The van der Waals surface area contributed by atoms with E-state index >= 15 is 0 Å². The molecule has 0 aliphatic carbocycles. The van der Waals surface area contributed by atoms with Gasteiger partial charge < -0.3 is 5.32 Å². The number of pyridine rings is 1. The minimum Gasteiger partial charge on any atom is -0.350 e. The van der Waals surface area contributed by atoms with Crippen LogP contribution in [0.2, 0.25) is 0 Å². The van der Waals surface area contributed by atoms with Crippen LogP contribution in [0.3, 0.4) is 0 Å². The minimum absolute atomic E-state index is 0.0188. The average Bonchev–Trinajstić information content (AvgIpc) is 3.26. The number of aromatic nitrogens is 3.